The molecule has 18 heteroatoms. The van der Waals surface area contributed by atoms with E-state index in [1.807, 2.05) is 0 Å². The number of carbonyl (C=O) groups is 7. The van der Waals surface area contributed by atoms with Crippen LogP contribution in [-0.4, -0.2) is 90.6 Å². The van der Waals surface area contributed by atoms with Gasteiger partial charge < -0.3 is 55.3 Å². The molecular weight excluding hydrogens is 734 g/mol. The molecule has 0 aliphatic rings. The maximum Gasteiger partial charge on any atom is 0.243 e. The van der Waals surface area contributed by atoms with Gasteiger partial charge >= 0.3 is 0 Å². The monoisotopic (exact) mass is 785 g/mol. The lowest BCUT2D eigenvalue weighted by atomic mass is 10.0. The van der Waals surface area contributed by atoms with E-state index in [1.54, 1.807) is 91.0 Å². The van der Waals surface area contributed by atoms with Crippen LogP contribution in [-0.2, 0) is 52.8 Å². The van der Waals surface area contributed by atoms with Crippen LogP contribution >= 0.6 is 0 Å². The Kier molecular flexibility index (Phi) is 18.1. The van der Waals surface area contributed by atoms with Crippen molar-refractivity contribution in [3.05, 3.63) is 108 Å². The van der Waals surface area contributed by atoms with E-state index in [1.165, 1.54) is 0 Å². The number of carbonyl (C=O) groups excluding carboxylic acids is 7. The van der Waals surface area contributed by atoms with E-state index in [-0.39, 0.29) is 44.6 Å². The third-order valence-electron chi connectivity index (χ3n) is 8.59. The van der Waals surface area contributed by atoms with Crippen molar-refractivity contribution in [1.29, 1.82) is 0 Å². The Morgan fingerprint density at radius 2 is 0.895 bits per heavy atom. The summed E-state index contributed by atoms with van der Waals surface area (Å²) in [7, 11) is 0. The second-order valence-electron chi connectivity index (χ2n) is 13.2. The molecular formula is C39H51N11O7. The summed E-state index contributed by atoms with van der Waals surface area (Å²) >= 11 is 0. The lowest BCUT2D eigenvalue weighted by Crippen LogP contribution is -2.60. The summed E-state index contributed by atoms with van der Waals surface area (Å²) in [6.45, 7) is -0.352. The van der Waals surface area contributed by atoms with Gasteiger partial charge in [0.1, 0.15) is 30.2 Å². The van der Waals surface area contributed by atoms with Crippen LogP contribution < -0.4 is 55.3 Å². The number of nitrogens with zero attached hydrogens (tertiary/aromatic N) is 1. The number of benzene rings is 3. The minimum Gasteiger partial charge on any atom is -0.370 e. The molecule has 0 fully saturated rings. The van der Waals surface area contributed by atoms with Gasteiger partial charge in [-0.3, -0.25) is 38.6 Å². The predicted octanol–water partition coefficient (Wildman–Crippen LogP) is -2.49. The van der Waals surface area contributed by atoms with E-state index < -0.39 is 84.5 Å². The van der Waals surface area contributed by atoms with E-state index >= 15 is 0 Å². The molecule has 0 saturated heterocycles. The third-order valence-corrected chi connectivity index (χ3v) is 8.59. The number of guanidine groups is 1. The number of nitrogens with one attached hydrogen (secondary N) is 5. The minimum absolute atomic E-state index is 0.0274. The lowest BCUT2D eigenvalue weighted by Gasteiger charge is -2.27. The van der Waals surface area contributed by atoms with E-state index in [0.717, 1.165) is 5.56 Å². The Labute approximate surface area is 330 Å². The first-order chi connectivity index (χ1) is 27.2. The SMILES string of the molecule is NCC(=O)N[C@@H](CC(N)=O)C(=O)N[C@@H](Cc1ccccc1)C(=O)N[C@@H](Cc1ccccc1)C(=O)N[C@@H](CCCN=C(N)N)C(=O)N[C@@H](Cc1ccccc1)C(N)=O. The summed E-state index contributed by atoms with van der Waals surface area (Å²) < 4.78 is 0. The topological polar surface area (TPSA) is 322 Å². The van der Waals surface area contributed by atoms with Crippen molar-refractivity contribution in [2.45, 2.75) is 68.7 Å². The Morgan fingerprint density at radius 3 is 1.30 bits per heavy atom. The predicted molar refractivity (Wildman–Crippen MR) is 212 cm³/mol. The summed E-state index contributed by atoms with van der Waals surface area (Å²) in [5.74, 6) is -5.76. The first kappa shape index (κ1) is 44.6. The summed E-state index contributed by atoms with van der Waals surface area (Å²) in [6.07, 6.45) is -0.317. The van der Waals surface area contributed by atoms with Gasteiger partial charge in [-0.1, -0.05) is 91.0 Å². The molecule has 0 unspecified atom stereocenters. The number of amides is 7. The average Bonchev–Trinajstić information content (AvgIpc) is 3.18. The maximum atomic E-state index is 14.2. The zero-order chi connectivity index (χ0) is 41.7. The van der Waals surface area contributed by atoms with Crippen molar-refractivity contribution in [2.75, 3.05) is 13.1 Å². The molecule has 3 aromatic rings. The van der Waals surface area contributed by atoms with Gasteiger partial charge in [0.15, 0.2) is 5.96 Å². The largest absolute Gasteiger partial charge is 0.370 e. The van der Waals surface area contributed by atoms with Crippen LogP contribution in [0.4, 0.5) is 0 Å². The summed E-state index contributed by atoms with van der Waals surface area (Å²) in [4.78, 5) is 95.7. The van der Waals surface area contributed by atoms with E-state index in [2.05, 4.69) is 31.6 Å². The third kappa shape index (κ3) is 16.2. The molecule has 0 bridgehead atoms. The highest BCUT2D eigenvalue weighted by Gasteiger charge is 2.33. The van der Waals surface area contributed by atoms with Crippen LogP contribution in [0.3, 0.4) is 0 Å². The normalized spacial score (nSPS) is 13.3. The van der Waals surface area contributed by atoms with Gasteiger partial charge in [-0.15, -0.1) is 0 Å². The number of hydrogen-bond acceptors (Lipinski definition) is 9. The molecule has 0 saturated carbocycles. The summed E-state index contributed by atoms with van der Waals surface area (Å²) in [5, 5.41) is 13.0. The molecule has 18 nitrogen and oxygen atoms in total. The van der Waals surface area contributed by atoms with Gasteiger partial charge in [-0.2, -0.15) is 0 Å². The highest BCUT2D eigenvalue weighted by molar-refractivity contribution is 5.97. The van der Waals surface area contributed by atoms with E-state index in [9.17, 15) is 33.6 Å². The smallest absolute Gasteiger partial charge is 0.243 e. The molecule has 3 rings (SSSR count). The van der Waals surface area contributed by atoms with Crippen LogP contribution in [0.5, 0.6) is 0 Å². The van der Waals surface area contributed by atoms with Crippen LogP contribution in [0.1, 0.15) is 36.0 Å². The number of hydrogen-bond donors (Lipinski definition) is 10. The molecule has 0 aliphatic carbocycles. The zero-order valence-corrected chi connectivity index (χ0v) is 31.4. The average molecular weight is 786 g/mol. The molecule has 0 aromatic heterocycles. The molecule has 0 spiro atoms. The molecule has 0 radical (unpaired) electrons. The zero-order valence-electron chi connectivity index (χ0n) is 31.4. The van der Waals surface area contributed by atoms with Gasteiger partial charge in [0.25, 0.3) is 0 Å². The highest BCUT2D eigenvalue weighted by Crippen LogP contribution is 2.10. The summed E-state index contributed by atoms with van der Waals surface area (Å²) in [5.41, 5.74) is 29.3. The lowest BCUT2D eigenvalue weighted by molar-refractivity contribution is -0.135. The first-order valence-electron chi connectivity index (χ1n) is 18.2. The highest BCUT2D eigenvalue weighted by atomic mass is 16.2. The van der Waals surface area contributed by atoms with Crippen molar-refractivity contribution < 1.29 is 33.6 Å². The maximum absolute atomic E-state index is 14.2. The molecule has 0 aliphatic heterocycles. The number of aliphatic imine (C=N–C) groups is 1. The Balaban J connectivity index is 1.93. The number of nitrogens with two attached hydrogens (primary N) is 5. The molecule has 57 heavy (non-hydrogen) atoms. The molecule has 7 amide bonds. The second kappa shape index (κ2) is 23.2. The fourth-order valence-electron chi connectivity index (χ4n) is 5.72. The number of rotatable bonds is 23. The van der Waals surface area contributed by atoms with Gasteiger partial charge in [-0.25, -0.2) is 0 Å². The molecule has 15 N–H and O–H groups in total. The second-order valence-corrected chi connectivity index (χ2v) is 13.2. The van der Waals surface area contributed by atoms with Crippen LogP contribution in [0.2, 0.25) is 0 Å². The van der Waals surface area contributed by atoms with Crippen LogP contribution in [0.25, 0.3) is 0 Å². The Morgan fingerprint density at radius 1 is 0.509 bits per heavy atom. The van der Waals surface area contributed by atoms with Gasteiger partial charge in [-0.05, 0) is 29.5 Å². The molecule has 0 heterocycles. The van der Waals surface area contributed by atoms with Gasteiger partial charge in [0.2, 0.25) is 41.4 Å². The Hall–Kier alpha value is -6.82. The quantitative estimate of drug-likeness (QED) is 0.0274. The first-order valence-corrected chi connectivity index (χ1v) is 18.2. The van der Waals surface area contributed by atoms with Gasteiger partial charge in [0, 0.05) is 25.8 Å². The molecule has 5 atom stereocenters. The van der Waals surface area contributed by atoms with Crippen molar-refractivity contribution in [3.8, 4) is 0 Å². The van der Waals surface area contributed by atoms with Crippen LogP contribution in [0.15, 0.2) is 96.0 Å². The van der Waals surface area contributed by atoms with Crippen molar-refractivity contribution in [2.24, 2.45) is 33.7 Å². The van der Waals surface area contributed by atoms with Gasteiger partial charge in [0.05, 0.1) is 13.0 Å². The van der Waals surface area contributed by atoms with Crippen molar-refractivity contribution in [3.63, 3.8) is 0 Å². The summed E-state index contributed by atoms with van der Waals surface area (Å²) in [6, 6.07) is 19.9. The fourth-order valence-corrected chi connectivity index (χ4v) is 5.72. The van der Waals surface area contributed by atoms with E-state index in [0.29, 0.717) is 11.1 Å². The van der Waals surface area contributed by atoms with E-state index in [4.69, 9.17) is 28.7 Å². The minimum atomic E-state index is -1.45. The van der Waals surface area contributed by atoms with Crippen LogP contribution in [0, 0.1) is 0 Å². The standard InChI is InChI=1S/C39H51N11O7/c40-23-33(52)46-31(22-32(41)51)38(57)50-30(21-26-15-8-3-9-16-26)37(56)49-29(20-25-13-6-2-7-14-25)36(55)47-27(17-10-18-45-39(43)44)35(54)48-28(34(42)53)19-24-11-4-1-5-12-24/h1-9,11-16,27-31H,10,17-23,40H2,(H2,41,51)(H2,42,53)(H,46,52)(H,47,55)(H,48,54)(H,49,56)(H,50,57)(H4,43,44,45)/t27-,28-,29-,30-,31-/m0/s1. The molecule has 3 aromatic carbocycles. The number of primary amides is 2. The Bertz CT molecular complexity index is 1840. The fraction of sp³-hybridized carbons (Fsp3) is 0.333. The van der Waals surface area contributed by atoms with Crippen molar-refractivity contribution >= 4 is 47.3 Å². The van der Waals surface area contributed by atoms with Crippen molar-refractivity contribution in [1.82, 2.24) is 26.6 Å². The molecule has 304 valence electrons.